The Morgan fingerprint density at radius 1 is 1.19 bits per heavy atom. The highest BCUT2D eigenvalue weighted by Crippen LogP contribution is 2.36. The molecule has 0 bridgehead atoms. The Morgan fingerprint density at radius 3 is 2.76 bits per heavy atom. The minimum atomic E-state index is -0.362. The number of hydrogen-bond acceptors (Lipinski definition) is 3. The van der Waals surface area contributed by atoms with Gasteiger partial charge in [0.2, 0.25) is 0 Å². The molecular formula is C16H13ClFNOS. The van der Waals surface area contributed by atoms with E-state index in [1.165, 1.54) is 23.5 Å². The molecule has 1 unspecified atom stereocenters. The molecule has 0 spiro atoms. The van der Waals surface area contributed by atoms with Crippen molar-refractivity contribution in [3.05, 3.63) is 63.7 Å². The van der Waals surface area contributed by atoms with E-state index in [-0.39, 0.29) is 11.9 Å². The summed E-state index contributed by atoms with van der Waals surface area (Å²) in [5.74, 6) is 0.445. The van der Waals surface area contributed by atoms with Gasteiger partial charge in [-0.3, -0.25) is 0 Å². The number of hydrogen-bond donors (Lipinski definition) is 1. The zero-order valence-corrected chi connectivity index (χ0v) is 12.8. The molecule has 0 aliphatic carbocycles. The monoisotopic (exact) mass is 321 g/mol. The Hall–Kier alpha value is -1.62. The summed E-state index contributed by atoms with van der Waals surface area (Å²) in [6, 6.07) is 11.7. The second-order valence-electron chi connectivity index (χ2n) is 4.69. The average molecular weight is 322 g/mol. The highest BCUT2D eigenvalue weighted by atomic mass is 35.5. The van der Waals surface area contributed by atoms with Crippen LogP contribution in [-0.4, -0.2) is 7.11 Å². The minimum Gasteiger partial charge on any atom is -0.496 e. The van der Waals surface area contributed by atoms with Crippen LogP contribution in [0.15, 0.2) is 42.5 Å². The molecule has 0 saturated heterocycles. The lowest BCUT2D eigenvalue weighted by Crippen LogP contribution is -2.11. The zero-order chi connectivity index (χ0) is 15.0. The van der Waals surface area contributed by atoms with Crippen molar-refractivity contribution in [3.63, 3.8) is 0 Å². The number of halogens is 2. The van der Waals surface area contributed by atoms with Crippen LogP contribution in [-0.2, 0) is 0 Å². The highest BCUT2D eigenvalue weighted by Gasteiger charge is 2.17. The fourth-order valence-corrected chi connectivity index (χ4v) is 3.57. The normalized spacial score (nSPS) is 12.6. The van der Waals surface area contributed by atoms with E-state index in [4.69, 9.17) is 22.1 Å². The summed E-state index contributed by atoms with van der Waals surface area (Å²) in [6.07, 6.45) is 0. The molecule has 2 nitrogen and oxygen atoms in total. The van der Waals surface area contributed by atoms with Crippen molar-refractivity contribution >= 4 is 33.0 Å². The van der Waals surface area contributed by atoms with Crippen molar-refractivity contribution < 1.29 is 9.13 Å². The van der Waals surface area contributed by atoms with Gasteiger partial charge in [0.1, 0.15) is 11.6 Å². The van der Waals surface area contributed by atoms with E-state index in [1.807, 2.05) is 6.07 Å². The summed E-state index contributed by atoms with van der Waals surface area (Å²) in [6.45, 7) is 0. The maximum absolute atomic E-state index is 13.3. The predicted molar refractivity (Wildman–Crippen MR) is 85.8 cm³/mol. The van der Waals surface area contributed by atoms with Crippen LogP contribution in [0.2, 0.25) is 5.02 Å². The van der Waals surface area contributed by atoms with Crippen molar-refractivity contribution in [1.82, 2.24) is 0 Å². The molecule has 5 heteroatoms. The summed E-state index contributed by atoms with van der Waals surface area (Å²) < 4.78 is 19.5. The van der Waals surface area contributed by atoms with Gasteiger partial charge in [-0.15, -0.1) is 11.3 Å². The summed E-state index contributed by atoms with van der Waals surface area (Å²) in [5, 5.41) is 1.58. The van der Waals surface area contributed by atoms with Crippen LogP contribution in [0.5, 0.6) is 5.75 Å². The van der Waals surface area contributed by atoms with Gasteiger partial charge in [-0.2, -0.15) is 0 Å². The third kappa shape index (κ3) is 2.75. The number of rotatable bonds is 3. The summed E-state index contributed by atoms with van der Waals surface area (Å²) >= 11 is 7.52. The topological polar surface area (TPSA) is 35.2 Å². The zero-order valence-electron chi connectivity index (χ0n) is 11.3. The molecular weight excluding hydrogens is 309 g/mol. The molecule has 0 saturated carbocycles. The molecule has 21 heavy (non-hydrogen) atoms. The SMILES string of the molecule is COc1ccc(Cl)cc1C(N)c1cc2ccc(F)cc2s1. The summed E-state index contributed by atoms with van der Waals surface area (Å²) in [7, 11) is 1.60. The van der Waals surface area contributed by atoms with Crippen LogP contribution in [0, 0.1) is 5.82 Å². The van der Waals surface area contributed by atoms with E-state index in [9.17, 15) is 4.39 Å². The summed E-state index contributed by atoms with van der Waals surface area (Å²) in [5.41, 5.74) is 7.16. The number of fused-ring (bicyclic) bond motifs is 1. The second-order valence-corrected chi connectivity index (χ2v) is 6.25. The van der Waals surface area contributed by atoms with Crippen LogP contribution in [0.4, 0.5) is 4.39 Å². The molecule has 1 heterocycles. The fraction of sp³-hybridized carbons (Fsp3) is 0.125. The van der Waals surface area contributed by atoms with Gasteiger partial charge in [0, 0.05) is 20.2 Å². The molecule has 0 amide bonds. The molecule has 1 atom stereocenters. The van der Waals surface area contributed by atoms with Crippen LogP contribution in [0.3, 0.4) is 0 Å². The number of thiophene rings is 1. The van der Waals surface area contributed by atoms with Gasteiger partial charge in [-0.1, -0.05) is 17.7 Å². The Morgan fingerprint density at radius 2 is 2.00 bits per heavy atom. The Balaban J connectivity index is 2.07. The largest absolute Gasteiger partial charge is 0.496 e. The lowest BCUT2D eigenvalue weighted by molar-refractivity contribution is 0.408. The van der Waals surface area contributed by atoms with Gasteiger partial charge < -0.3 is 10.5 Å². The van der Waals surface area contributed by atoms with Crippen molar-refractivity contribution in [2.75, 3.05) is 7.11 Å². The van der Waals surface area contributed by atoms with Crippen molar-refractivity contribution in [2.24, 2.45) is 5.73 Å². The lowest BCUT2D eigenvalue weighted by Gasteiger charge is -2.14. The molecule has 1 aromatic heterocycles. The Kier molecular flexibility index (Phi) is 3.85. The van der Waals surface area contributed by atoms with E-state index in [0.29, 0.717) is 10.8 Å². The van der Waals surface area contributed by atoms with Gasteiger partial charge in [0.15, 0.2) is 0 Å². The molecule has 0 radical (unpaired) electrons. The number of benzene rings is 2. The van der Waals surface area contributed by atoms with Crippen LogP contribution >= 0.6 is 22.9 Å². The third-order valence-corrected chi connectivity index (χ3v) is 4.75. The number of methoxy groups -OCH3 is 1. The maximum Gasteiger partial charge on any atom is 0.124 e. The third-order valence-electron chi connectivity index (χ3n) is 3.33. The quantitative estimate of drug-likeness (QED) is 0.755. The molecule has 0 aliphatic rings. The first-order valence-electron chi connectivity index (χ1n) is 6.36. The Bertz CT molecular complexity index is 802. The fourth-order valence-electron chi connectivity index (χ4n) is 2.28. The standard InChI is InChI=1S/C16H13ClFNOS/c1-20-13-5-3-10(17)7-12(13)16(19)15-6-9-2-4-11(18)8-14(9)21-15/h2-8,16H,19H2,1H3. The van der Waals surface area contributed by atoms with Crippen molar-refractivity contribution in [1.29, 1.82) is 0 Å². The first-order chi connectivity index (χ1) is 10.1. The van der Waals surface area contributed by atoms with Crippen LogP contribution < -0.4 is 10.5 Å². The highest BCUT2D eigenvalue weighted by molar-refractivity contribution is 7.19. The van der Waals surface area contributed by atoms with Gasteiger partial charge in [0.05, 0.1) is 13.2 Å². The first-order valence-corrected chi connectivity index (χ1v) is 7.56. The lowest BCUT2D eigenvalue weighted by atomic mass is 10.0. The molecule has 2 N–H and O–H groups in total. The van der Waals surface area contributed by atoms with Crippen molar-refractivity contribution in [2.45, 2.75) is 6.04 Å². The Labute approximate surface area is 130 Å². The van der Waals surface area contributed by atoms with E-state index >= 15 is 0 Å². The predicted octanol–water partition coefficient (Wildman–Crippen LogP) is 4.75. The van der Waals surface area contributed by atoms with Gasteiger partial charge >= 0.3 is 0 Å². The van der Waals surface area contributed by atoms with E-state index < -0.39 is 0 Å². The van der Waals surface area contributed by atoms with Crippen molar-refractivity contribution in [3.8, 4) is 5.75 Å². The summed E-state index contributed by atoms with van der Waals surface area (Å²) in [4.78, 5) is 0.941. The van der Waals surface area contributed by atoms with E-state index in [2.05, 4.69) is 0 Å². The molecule has 3 aromatic rings. The molecule has 2 aromatic carbocycles. The molecule has 0 aliphatic heterocycles. The number of nitrogens with two attached hydrogens (primary N) is 1. The first kappa shape index (κ1) is 14.3. The number of ether oxygens (including phenoxy) is 1. The molecule has 3 rings (SSSR count). The van der Waals surface area contributed by atoms with Gasteiger partial charge in [0.25, 0.3) is 0 Å². The van der Waals surface area contributed by atoms with Gasteiger partial charge in [-0.05, 0) is 41.8 Å². The smallest absolute Gasteiger partial charge is 0.124 e. The molecule has 0 fully saturated rings. The second kappa shape index (κ2) is 5.64. The van der Waals surface area contributed by atoms with Crippen LogP contribution in [0.25, 0.3) is 10.1 Å². The molecule has 108 valence electrons. The maximum atomic E-state index is 13.3. The van der Waals surface area contributed by atoms with E-state index in [1.54, 1.807) is 31.4 Å². The van der Waals surface area contributed by atoms with Crippen LogP contribution in [0.1, 0.15) is 16.5 Å². The minimum absolute atomic E-state index is 0.246. The van der Waals surface area contributed by atoms with Gasteiger partial charge in [-0.25, -0.2) is 4.39 Å². The van der Waals surface area contributed by atoms with E-state index in [0.717, 1.165) is 20.5 Å². The average Bonchev–Trinajstić information content (AvgIpc) is 2.89.